The number of allylic oxidation sites excluding steroid dienone is 1. The molecule has 0 fully saturated rings. The van der Waals surface area contributed by atoms with E-state index in [1.807, 2.05) is 0 Å². The third-order valence-electron chi connectivity index (χ3n) is 1.93. The summed E-state index contributed by atoms with van der Waals surface area (Å²) in [6, 6.07) is 0. The minimum absolute atomic E-state index is 0. The van der Waals surface area contributed by atoms with Crippen molar-refractivity contribution in [1.29, 1.82) is 0 Å². The molecule has 7 heteroatoms. The quantitative estimate of drug-likeness (QED) is 0.514. The largest absolute Gasteiger partial charge is 0.478 e. The first-order chi connectivity index (χ1) is 6.47. The fourth-order valence-corrected chi connectivity index (χ4v) is 2.76. The first kappa shape index (κ1) is 17.5. The minimum atomic E-state index is -4.19. The van der Waals surface area contributed by atoms with E-state index in [-0.39, 0.29) is 11.7 Å². The lowest BCUT2D eigenvalue weighted by molar-refractivity contribution is -0.133. The second-order valence-corrected chi connectivity index (χ2v) is 5.74. The number of rotatable bonds is 4. The summed E-state index contributed by atoms with van der Waals surface area (Å²) >= 11 is 0. The Morgan fingerprint density at radius 3 is 1.81 bits per heavy atom. The lowest BCUT2D eigenvalue weighted by Crippen LogP contribution is -2.30. The standard InChI is InChI=1S/C9H16O5S.H3N/c1-6(2)7(8(10)11)9(3,4)5-15(12,13)14;/h5H2,1-4H3,(H,10,11)(H,12,13,14);1H3. The first-order valence-corrected chi connectivity index (χ1v) is 5.95. The second kappa shape index (κ2) is 5.42. The van der Waals surface area contributed by atoms with Crippen molar-refractivity contribution < 1.29 is 22.9 Å². The molecule has 0 aromatic heterocycles. The highest BCUT2D eigenvalue weighted by molar-refractivity contribution is 7.85. The fraction of sp³-hybridized carbons (Fsp3) is 0.667. The molecule has 0 bridgehead atoms. The normalized spacial score (nSPS) is 11.6. The molecule has 96 valence electrons. The van der Waals surface area contributed by atoms with Crippen molar-refractivity contribution in [2.24, 2.45) is 5.41 Å². The van der Waals surface area contributed by atoms with E-state index in [1.165, 1.54) is 13.8 Å². The van der Waals surface area contributed by atoms with E-state index in [9.17, 15) is 13.2 Å². The van der Waals surface area contributed by atoms with Crippen LogP contribution in [0.15, 0.2) is 11.1 Å². The molecule has 0 atom stereocenters. The van der Waals surface area contributed by atoms with Crippen LogP contribution < -0.4 is 6.15 Å². The van der Waals surface area contributed by atoms with Crippen LogP contribution in [0.2, 0.25) is 0 Å². The Labute approximate surface area is 95.7 Å². The van der Waals surface area contributed by atoms with Gasteiger partial charge in [-0.15, -0.1) is 0 Å². The van der Waals surface area contributed by atoms with E-state index >= 15 is 0 Å². The Bertz CT molecular complexity index is 390. The molecule has 16 heavy (non-hydrogen) atoms. The Kier molecular flexibility index (Phi) is 5.92. The molecule has 0 saturated heterocycles. The molecule has 0 aliphatic rings. The zero-order valence-corrected chi connectivity index (χ0v) is 10.8. The summed E-state index contributed by atoms with van der Waals surface area (Å²) in [5.74, 6) is -1.77. The van der Waals surface area contributed by atoms with Crippen molar-refractivity contribution in [1.82, 2.24) is 6.15 Å². The molecule has 0 aromatic rings. The molecule has 5 N–H and O–H groups in total. The third-order valence-corrected chi connectivity index (χ3v) is 3.02. The van der Waals surface area contributed by atoms with Gasteiger partial charge in [-0.2, -0.15) is 8.42 Å². The van der Waals surface area contributed by atoms with Crippen LogP contribution >= 0.6 is 0 Å². The summed E-state index contributed by atoms with van der Waals surface area (Å²) in [5, 5.41) is 8.94. The van der Waals surface area contributed by atoms with Crippen molar-refractivity contribution >= 4 is 16.1 Å². The number of aliphatic carboxylic acids is 1. The molecule has 0 aliphatic heterocycles. The molecule has 0 unspecified atom stereocenters. The topological polar surface area (TPSA) is 127 Å². The average Bonchev–Trinajstić information content (AvgIpc) is 1.74. The van der Waals surface area contributed by atoms with Gasteiger partial charge in [0.15, 0.2) is 0 Å². The predicted molar refractivity (Wildman–Crippen MR) is 61.2 cm³/mol. The van der Waals surface area contributed by atoms with Gasteiger partial charge in [-0.05, 0) is 13.8 Å². The van der Waals surface area contributed by atoms with Gasteiger partial charge < -0.3 is 11.3 Å². The van der Waals surface area contributed by atoms with E-state index in [0.29, 0.717) is 5.57 Å². The SMILES string of the molecule is CC(C)=C(C(=O)O)C(C)(C)CS(=O)(=O)O.N. The number of carbonyl (C=O) groups is 1. The maximum absolute atomic E-state index is 10.9. The van der Waals surface area contributed by atoms with Crippen molar-refractivity contribution in [3.63, 3.8) is 0 Å². The molecule has 0 heterocycles. The maximum Gasteiger partial charge on any atom is 0.332 e. The van der Waals surface area contributed by atoms with Gasteiger partial charge in [0.25, 0.3) is 10.1 Å². The summed E-state index contributed by atoms with van der Waals surface area (Å²) in [4.78, 5) is 10.9. The van der Waals surface area contributed by atoms with Crippen LogP contribution in [0, 0.1) is 5.41 Å². The number of carboxylic acids is 1. The van der Waals surface area contributed by atoms with Gasteiger partial charge in [0.2, 0.25) is 0 Å². The monoisotopic (exact) mass is 253 g/mol. The van der Waals surface area contributed by atoms with Crippen molar-refractivity contribution in [3.8, 4) is 0 Å². The van der Waals surface area contributed by atoms with E-state index < -0.39 is 27.3 Å². The number of hydrogen-bond donors (Lipinski definition) is 3. The molecule has 0 amide bonds. The lowest BCUT2D eigenvalue weighted by Gasteiger charge is -2.25. The third kappa shape index (κ3) is 5.24. The summed E-state index contributed by atoms with van der Waals surface area (Å²) in [7, 11) is -4.19. The zero-order chi connectivity index (χ0) is 12.4. The molecule has 0 rings (SSSR count). The molecule has 0 aromatic carbocycles. The van der Waals surface area contributed by atoms with Crippen LogP contribution in [0.4, 0.5) is 0 Å². The highest BCUT2D eigenvalue weighted by atomic mass is 32.2. The Balaban J connectivity index is 0. The van der Waals surface area contributed by atoms with Gasteiger partial charge in [-0.25, -0.2) is 4.79 Å². The summed E-state index contributed by atoms with van der Waals surface area (Å²) < 4.78 is 30.2. The zero-order valence-electron chi connectivity index (χ0n) is 9.94. The van der Waals surface area contributed by atoms with Crippen LogP contribution in [0.25, 0.3) is 0 Å². The van der Waals surface area contributed by atoms with Crippen molar-refractivity contribution in [2.45, 2.75) is 27.7 Å². The van der Waals surface area contributed by atoms with Crippen LogP contribution in [-0.2, 0) is 14.9 Å². The van der Waals surface area contributed by atoms with Crippen molar-refractivity contribution in [3.05, 3.63) is 11.1 Å². The summed E-state index contributed by atoms with van der Waals surface area (Å²) in [5.41, 5.74) is -0.575. The highest BCUT2D eigenvalue weighted by Crippen LogP contribution is 2.30. The van der Waals surface area contributed by atoms with Gasteiger partial charge in [0.1, 0.15) is 0 Å². The molecule has 0 saturated carbocycles. The molecule has 0 aliphatic carbocycles. The lowest BCUT2D eigenvalue weighted by atomic mass is 9.83. The van der Waals surface area contributed by atoms with Crippen LogP contribution in [0.3, 0.4) is 0 Å². The maximum atomic E-state index is 10.9. The molecule has 0 spiro atoms. The van der Waals surface area contributed by atoms with Gasteiger partial charge in [-0.3, -0.25) is 4.55 Å². The molecular formula is C9H19NO5S. The number of carboxylic acid groups (broad SMARTS) is 1. The van der Waals surface area contributed by atoms with Gasteiger partial charge in [0.05, 0.1) is 5.75 Å². The fourth-order valence-electron chi connectivity index (χ4n) is 1.71. The van der Waals surface area contributed by atoms with Crippen LogP contribution in [-0.4, -0.2) is 29.8 Å². The van der Waals surface area contributed by atoms with E-state index in [0.717, 1.165) is 0 Å². The Hall–Kier alpha value is -0.920. The van der Waals surface area contributed by atoms with Crippen LogP contribution in [0.1, 0.15) is 27.7 Å². The highest BCUT2D eigenvalue weighted by Gasteiger charge is 2.33. The van der Waals surface area contributed by atoms with Crippen LogP contribution in [0.5, 0.6) is 0 Å². The van der Waals surface area contributed by atoms with E-state index in [2.05, 4.69) is 0 Å². The number of hydrogen-bond acceptors (Lipinski definition) is 4. The van der Waals surface area contributed by atoms with Gasteiger partial charge >= 0.3 is 5.97 Å². The minimum Gasteiger partial charge on any atom is -0.478 e. The molecule has 6 nitrogen and oxygen atoms in total. The second-order valence-electron chi connectivity index (χ2n) is 4.29. The molecule has 0 radical (unpaired) electrons. The predicted octanol–water partition coefficient (Wildman–Crippen LogP) is 1.48. The van der Waals surface area contributed by atoms with Gasteiger partial charge in [0, 0.05) is 11.0 Å². The smallest absolute Gasteiger partial charge is 0.332 e. The summed E-state index contributed by atoms with van der Waals surface area (Å²) in [6.45, 7) is 6.12. The average molecular weight is 253 g/mol. The van der Waals surface area contributed by atoms with E-state index in [4.69, 9.17) is 9.66 Å². The van der Waals surface area contributed by atoms with E-state index in [1.54, 1.807) is 13.8 Å². The van der Waals surface area contributed by atoms with Gasteiger partial charge in [-0.1, -0.05) is 19.4 Å². The Morgan fingerprint density at radius 2 is 1.62 bits per heavy atom. The first-order valence-electron chi connectivity index (χ1n) is 4.34. The Morgan fingerprint density at radius 1 is 1.25 bits per heavy atom. The summed E-state index contributed by atoms with van der Waals surface area (Å²) in [6.07, 6.45) is 0. The van der Waals surface area contributed by atoms with Crippen molar-refractivity contribution in [2.75, 3.05) is 5.75 Å². The molecular weight excluding hydrogens is 234 g/mol.